The van der Waals surface area contributed by atoms with Gasteiger partial charge in [0.2, 0.25) is 0 Å². The number of aryl methyl sites for hydroxylation is 1. The largest absolute Gasteiger partial charge is 0.449 e. The third-order valence-corrected chi connectivity index (χ3v) is 5.73. The standard InChI is InChI=1S/C22H26N2O3/c1-14(21(25)23-15-8-2-3-9-15)27-22(26)20-16-10-4-6-12-18(16)24-19-13-7-5-11-17(19)20/h4,6,10,12,14-15H,2-3,5,7-9,11,13H2,1H3,(H,23,25)/t14-/m0/s1. The van der Waals surface area contributed by atoms with Crippen molar-refractivity contribution in [2.75, 3.05) is 0 Å². The highest BCUT2D eigenvalue weighted by Crippen LogP contribution is 2.30. The zero-order chi connectivity index (χ0) is 18.8. The summed E-state index contributed by atoms with van der Waals surface area (Å²) >= 11 is 0. The maximum atomic E-state index is 13.1. The lowest BCUT2D eigenvalue weighted by Gasteiger charge is -2.21. The Bertz CT molecular complexity index is 871. The van der Waals surface area contributed by atoms with E-state index in [2.05, 4.69) is 5.32 Å². The fraction of sp³-hybridized carbons (Fsp3) is 0.500. The van der Waals surface area contributed by atoms with E-state index < -0.39 is 12.1 Å². The van der Waals surface area contributed by atoms with Crippen molar-refractivity contribution in [3.05, 3.63) is 41.1 Å². The molecule has 0 saturated heterocycles. The second-order valence-electron chi connectivity index (χ2n) is 7.67. The second-order valence-corrected chi connectivity index (χ2v) is 7.67. The number of amides is 1. The highest BCUT2D eigenvalue weighted by atomic mass is 16.5. The molecule has 4 rings (SSSR count). The number of rotatable bonds is 4. The maximum Gasteiger partial charge on any atom is 0.339 e. The van der Waals surface area contributed by atoms with Crippen molar-refractivity contribution in [3.8, 4) is 0 Å². The Morgan fingerprint density at radius 3 is 2.67 bits per heavy atom. The third-order valence-electron chi connectivity index (χ3n) is 5.73. The SMILES string of the molecule is C[C@H](OC(=O)c1c2c(nc3ccccc13)CCCC2)C(=O)NC1CCCC1. The minimum atomic E-state index is -0.802. The van der Waals surface area contributed by atoms with Crippen LogP contribution in [-0.2, 0) is 22.4 Å². The molecule has 1 atom stereocenters. The van der Waals surface area contributed by atoms with Crippen molar-refractivity contribution in [2.45, 2.75) is 70.4 Å². The van der Waals surface area contributed by atoms with Crippen molar-refractivity contribution in [1.29, 1.82) is 0 Å². The maximum absolute atomic E-state index is 13.1. The van der Waals surface area contributed by atoms with Crippen LogP contribution in [0.25, 0.3) is 10.9 Å². The molecule has 2 aliphatic carbocycles. The van der Waals surface area contributed by atoms with Crippen molar-refractivity contribution < 1.29 is 14.3 Å². The van der Waals surface area contributed by atoms with Gasteiger partial charge in [0.05, 0.1) is 11.1 Å². The van der Waals surface area contributed by atoms with E-state index in [1.54, 1.807) is 6.92 Å². The summed E-state index contributed by atoms with van der Waals surface area (Å²) in [6.45, 7) is 1.65. The molecule has 1 aromatic heterocycles. The van der Waals surface area contributed by atoms with Gasteiger partial charge in [-0.2, -0.15) is 0 Å². The third kappa shape index (κ3) is 3.68. The van der Waals surface area contributed by atoms with Gasteiger partial charge in [0, 0.05) is 17.1 Å². The first-order valence-corrected chi connectivity index (χ1v) is 10.1. The quantitative estimate of drug-likeness (QED) is 0.838. The monoisotopic (exact) mass is 366 g/mol. The van der Waals surface area contributed by atoms with E-state index in [4.69, 9.17) is 9.72 Å². The van der Waals surface area contributed by atoms with E-state index in [-0.39, 0.29) is 11.9 Å². The number of hydrogen-bond donors (Lipinski definition) is 1. The first kappa shape index (κ1) is 18.0. The molecular weight excluding hydrogens is 340 g/mol. The average molecular weight is 366 g/mol. The number of para-hydroxylation sites is 1. The van der Waals surface area contributed by atoms with Gasteiger partial charge in [0.25, 0.3) is 5.91 Å². The fourth-order valence-electron chi connectivity index (χ4n) is 4.27. The van der Waals surface area contributed by atoms with E-state index in [0.717, 1.165) is 73.5 Å². The number of pyridine rings is 1. The Balaban J connectivity index is 1.59. The van der Waals surface area contributed by atoms with Gasteiger partial charge in [0.1, 0.15) is 0 Å². The van der Waals surface area contributed by atoms with Crippen molar-refractivity contribution in [3.63, 3.8) is 0 Å². The molecule has 0 unspecified atom stereocenters. The van der Waals surface area contributed by atoms with Gasteiger partial charge in [-0.05, 0) is 57.1 Å². The van der Waals surface area contributed by atoms with E-state index in [9.17, 15) is 9.59 Å². The second kappa shape index (κ2) is 7.67. The molecule has 0 aliphatic heterocycles. The molecule has 5 heteroatoms. The minimum absolute atomic E-state index is 0.206. The van der Waals surface area contributed by atoms with Crippen LogP contribution in [0.4, 0.5) is 0 Å². The number of hydrogen-bond acceptors (Lipinski definition) is 4. The lowest BCUT2D eigenvalue weighted by Crippen LogP contribution is -2.41. The molecule has 1 amide bonds. The van der Waals surface area contributed by atoms with Gasteiger partial charge in [0.15, 0.2) is 6.10 Å². The van der Waals surface area contributed by atoms with Gasteiger partial charge in [-0.25, -0.2) is 4.79 Å². The molecule has 0 spiro atoms. The normalized spacial score (nSPS) is 18.1. The minimum Gasteiger partial charge on any atom is -0.449 e. The van der Waals surface area contributed by atoms with E-state index in [0.29, 0.717) is 5.56 Å². The molecule has 27 heavy (non-hydrogen) atoms. The number of carbonyl (C=O) groups is 2. The van der Waals surface area contributed by atoms with Crippen LogP contribution in [0.2, 0.25) is 0 Å². The lowest BCUT2D eigenvalue weighted by atomic mass is 9.90. The molecule has 1 N–H and O–H groups in total. The zero-order valence-corrected chi connectivity index (χ0v) is 15.8. The predicted molar refractivity (Wildman–Crippen MR) is 104 cm³/mol. The first-order chi connectivity index (χ1) is 13.1. The van der Waals surface area contributed by atoms with Crippen LogP contribution in [0, 0.1) is 0 Å². The van der Waals surface area contributed by atoms with Gasteiger partial charge < -0.3 is 10.1 Å². The van der Waals surface area contributed by atoms with Crippen LogP contribution < -0.4 is 5.32 Å². The number of nitrogens with one attached hydrogen (secondary N) is 1. The van der Waals surface area contributed by atoms with E-state index >= 15 is 0 Å². The van der Waals surface area contributed by atoms with Crippen LogP contribution in [-0.4, -0.2) is 29.0 Å². The van der Waals surface area contributed by atoms with Crippen LogP contribution in [0.5, 0.6) is 0 Å². The van der Waals surface area contributed by atoms with E-state index in [1.807, 2.05) is 24.3 Å². The summed E-state index contributed by atoms with van der Waals surface area (Å²) in [5, 5.41) is 3.82. The summed E-state index contributed by atoms with van der Waals surface area (Å²) in [6, 6.07) is 7.89. The van der Waals surface area contributed by atoms with Crippen molar-refractivity contribution >= 4 is 22.8 Å². The topological polar surface area (TPSA) is 68.3 Å². The summed E-state index contributed by atoms with van der Waals surface area (Å²) in [5.74, 6) is -0.622. The summed E-state index contributed by atoms with van der Waals surface area (Å²) in [4.78, 5) is 30.2. The summed E-state index contributed by atoms with van der Waals surface area (Å²) in [6.07, 6.45) is 7.37. The molecule has 142 valence electrons. The molecule has 1 fully saturated rings. The summed E-state index contributed by atoms with van der Waals surface area (Å²) < 4.78 is 5.60. The molecule has 0 radical (unpaired) electrons. The Kier molecular flexibility index (Phi) is 5.10. The highest BCUT2D eigenvalue weighted by molar-refractivity contribution is 6.05. The summed E-state index contributed by atoms with van der Waals surface area (Å²) in [7, 11) is 0. The first-order valence-electron chi connectivity index (χ1n) is 10.1. The Hall–Kier alpha value is -2.43. The molecule has 5 nitrogen and oxygen atoms in total. The zero-order valence-electron chi connectivity index (χ0n) is 15.8. The number of esters is 1. The lowest BCUT2D eigenvalue weighted by molar-refractivity contribution is -0.129. The molecule has 1 saturated carbocycles. The van der Waals surface area contributed by atoms with Gasteiger partial charge in [-0.3, -0.25) is 9.78 Å². The smallest absolute Gasteiger partial charge is 0.339 e. The Morgan fingerprint density at radius 2 is 1.85 bits per heavy atom. The average Bonchev–Trinajstić information content (AvgIpc) is 3.18. The molecule has 1 heterocycles. The van der Waals surface area contributed by atoms with Crippen LogP contribution in [0.15, 0.2) is 24.3 Å². The molecule has 2 aromatic rings. The van der Waals surface area contributed by atoms with Crippen molar-refractivity contribution in [2.24, 2.45) is 0 Å². The van der Waals surface area contributed by atoms with Gasteiger partial charge >= 0.3 is 5.97 Å². The number of fused-ring (bicyclic) bond motifs is 2. The van der Waals surface area contributed by atoms with E-state index in [1.165, 1.54) is 0 Å². The highest BCUT2D eigenvalue weighted by Gasteiger charge is 2.27. The Labute approximate surface area is 159 Å². The predicted octanol–water partition coefficient (Wildman–Crippen LogP) is 3.72. The molecule has 0 bridgehead atoms. The molecule has 2 aliphatic rings. The number of aromatic nitrogens is 1. The van der Waals surface area contributed by atoms with Crippen LogP contribution in [0.3, 0.4) is 0 Å². The summed E-state index contributed by atoms with van der Waals surface area (Å²) in [5.41, 5.74) is 3.40. The molecule has 1 aromatic carbocycles. The fourth-order valence-corrected chi connectivity index (χ4v) is 4.27. The number of benzene rings is 1. The molecular formula is C22H26N2O3. The number of nitrogens with zero attached hydrogens (tertiary/aromatic N) is 1. The van der Waals surface area contributed by atoms with Gasteiger partial charge in [-0.1, -0.05) is 31.0 Å². The number of carbonyl (C=O) groups excluding carboxylic acids is 2. The Morgan fingerprint density at radius 1 is 1.11 bits per heavy atom. The van der Waals surface area contributed by atoms with Gasteiger partial charge in [-0.15, -0.1) is 0 Å². The van der Waals surface area contributed by atoms with Crippen LogP contribution >= 0.6 is 0 Å². The van der Waals surface area contributed by atoms with Crippen LogP contribution in [0.1, 0.15) is 67.1 Å². The van der Waals surface area contributed by atoms with Crippen molar-refractivity contribution in [1.82, 2.24) is 10.3 Å². The number of ether oxygens (including phenoxy) is 1.